The highest BCUT2D eigenvalue weighted by molar-refractivity contribution is 5.83. The first-order valence-corrected chi connectivity index (χ1v) is 12.8. The first-order valence-electron chi connectivity index (χ1n) is 12.8. The summed E-state index contributed by atoms with van der Waals surface area (Å²) in [6.45, 7) is 8.24. The predicted molar refractivity (Wildman–Crippen MR) is 145 cm³/mol. The molecule has 1 fully saturated rings. The van der Waals surface area contributed by atoms with Crippen molar-refractivity contribution >= 4 is 11.7 Å². The van der Waals surface area contributed by atoms with Crippen LogP contribution in [0.25, 0.3) is 22.8 Å². The Labute approximate surface area is 221 Å². The SMILES string of the molecule is C=CCCCC(=N/C=C/C)N1CCN(C(=O)Cn2nc(-c3ccc(F)cc3)nc2-c2ccc(F)cc2)CC1. The van der Waals surface area contributed by atoms with E-state index in [1.165, 1.54) is 28.9 Å². The number of hydrogen-bond acceptors (Lipinski definition) is 4. The molecule has 0 atom stereocenters. The molecule has 1 saturated heterocycles. The molecule has 0 bridgehead atoms. The molecule has 38 heavy (non-hydrogen) atoms. The molecule has 2 heterocycles. The summed E-state index contributed by atoms with van der Waals surface area (Å²) in [6, 6.07) is 11.7. The largest absolute Gasteiger partial charge is 0.357 e. The lowest BCUT2D eigenvalue weighted by Gasteiger charge is -2.36. The Balaban J connectivity index is 1.49. The monoisotopic (exact) mass is 518 g/mol. The lowest BCUT2D eigenvalue weighted by atomic mass is 10.2. The van der Waals surface area contributed by atoms with Crippen LogP contribution in [0, 0.1) is 11.6 Å². The highest BCUT2D eigenvalue weighted by Crippen LogP contribution is 2.23. The van der Waals surface area contributed by atoms with Crippen LogP contribution in [0.2, 0.25) is 0 Å². The van der Waals surface area contributed by atoms with Gasteiger partial charge < -0.3 is 9.80 Å². The fourth-order valence-corrected chi connectivity index (χ4v) is 4.30. The van der Waals surface area contributed by atoms with Gasteiger partial charge in [0.05, 0.1) is 0 Å². The molecule has 0 saturated carbocycles. The molecule has 0 spiro atoms. The lowest BCUT2D eigenvalue weighted by Crippen LogP contribution is -2.51. The molecule has 0 unspecified atom stereocenters. The van der Waals surface area contributed by atoms with Gasteiger partial charge >= 0.3 is 0 Å². The number of piperazine rings is 1. The summed E-state index contributed by atoms with van der Waals surface area (Å²) in [7, 11) is 0. The third-order valence-corrected chi connectivity index (χ3v) is 6.34. The Kier molecular flexibility index (Phi) is 9.13. The van der Waals surface area contributed by atoms with Gasteiger partial charge in [-0.1, -0.05) is 12.2 Å². The van der Waals surface area contributed by atoms with Crippen molar-refractivity contribution in [3.63, 3.8) is 0 Å². The first-order chi connectivity index (χ1) is 18.5. The molecular weight excluding hydrogens is 486 g/mol. The van der Waals surface area contributed by atoms with Crippen LogP contribution in [0.3, 0.4) is 0 Å². The molecule has 1 aliphatic heterocycles. The molecule has 3 aromatic rings. The summed E-state index contributed by atoms with van der Waals surface area (Å²) in [6.07, 6.45) is 8.40. The number of unbranched alkanes of at least 4 members (excludes halogenated alkanes) is 1. The quantitative estimate of drug-likeness (QED) is 0.166. The van der Waals surface area contributed by atoms with Crippen LogP contribution in [-0.4, -0.2) is 62.5 Å². The zero-order valence-electron chi connectivity index (χ0n) is 21.6. The van der Waals surface area contributed by atoms with E-state index >= 15 is 0 Å². The van der Waals surface area contributed by atoms with Gasteiger partial charge in [-0.25, -0.2) is 23.4 Å². The van der Waals surface area contributed by atoms with Crippen molar-refractivity contribution in [1.29, 1.82) is 0 Å². The highest BCUT2D eigenvalue weighted by atomic mass is 19.1. The fraction of sp³-hybridized carbons (Fsp3) is 0.310. The molecule has 198 valence electrons. The topological polar surface area (TPSA) is 66.6 Å². The average molecular weight is 519 g/mol. The Bertz CT molecular complexity index is 1290. The lowest BCUT2D eigenvalue weighted by molar-refractivity contribution is -0.133. The van der Waals surface area contributed by atoms with Crippen LogP contribution < -0.4 is 0 Å². The van der Waals surface area contributed by atoms with Crippen molar-refractivity contribution in [2.45, 2.75) is 32.7 Å². The molecule has 2 aromatic carbocycles. The number of amidine groups is 1. The van der Waals surface area contributed by atoms with E-state index in [-0.39, 0.29) is 24.1 Å². The van der Waals surface area contributed by atoms with Crippen molar-refractivity contribution in [3.05, 3.63) is 85.1 Å². The normalized spacial score (nSPS) is 14.3. The Morgan fingerprint density at radius 1 is 0.974 bits per heavy atom. The Morgan fingerprint density at radius 3 is 2.18 bits per heavy atom. The molecule has 4 rings (SSSR count). The summed E-state index contributed by atoms with van der Waals surface area (Å²) < 4.78 is 28.5. The number of carbonyl (C=O) groups excluding carboxylic acids is 1. The number of hydrogen-bond donors (Lipinski definition) is 0. The summed E-state index contributed by atoms with van der Waals surface area (Å²) in [5, 5.41) is 4.56. The third-order valence-electron chi connectivity index (χ3n) is 6.34. The van der Waals surface area contributed by atoms with Crippen LogP contribution >= 0.6 is 0 Å². The maximum Gasteiger partial charge on any atom is 0.244 e. The third kappa shape index (κ3) is 6.79. The van der Waals surface area contributed by atoms with Gasteiger partial charge in [-0.05, 0) is 68.3 Å². The van der Waals surface area contributed by atoms with E-state index in [4.69, 9.17) is 0 Å². The number of rotatable bonds is 9. The van der Waals surface area contributed by atoms with Gasteiger partial charge in [-0.15, -0.1) is 11.7 Å². The minimum Gasteiger partial charge on any atom is -0.357 e. The summed E-state index contributed by atoms with van der Waals surface area (Å²) in [4.78, 5) is 26.6. The van der Waals surface area contributed by atoms with Gasteiger partial charge in [0.1, 0.15) is 24.0 Å². The van der Waals surface area contributed by atoms with E-state index in [1.54, 1.807) is 30.5 Å². The van der Waals surface area contributed by atoms with Crippen LogP contribution in [0.5, 0.6) is 0 Å². The van der Waals surface area contributed by atoms with Gasteiger partial charge in [0.2, 0.25) is 5.91 Å². The van der Waals surface area contributed by atoms with Gasteiger partial charge in [0, 0.05) is 49.9 Å². The summed E-state index contributed by atoms with van der Waals surface area (Å²) >= 11 is 0. The van der Waals surface area contributed by atoms with Crippen LogP contribution in [0.1, 0.15) is 26.2 Å². The smallest absolute Gasteiger partial charge is 0.244 e. The van der Waals surface area contributed by atoms with Crippen LogP contribution in [-0.2, 0) is 11.3 Å². The predicted octanol–water partition coefficient (Wildman–Crippen LogP) is 5.32. The van der Waals surface area contributed by atoms with Gasteiger partial charge in [0.25, 0.3) is 0 Å². The van der Waals surface area contributed by atoms with Crippen molar-refractivity contribution in [1.82, 2.24) is 24.6 Å². The number of amides is 1. The minimum absolute atomic E-state index is 0.0141. The maximum atomic E-state index is 13.5. The summed E-state index contributed by atoms with van der Waals surface area (Å²) in [5.74, 6) is 1.03. The van der Waals surface area contributed by atoms with Crippen molar-refractivity contribution in [2.75, 3.05) is 26.2 Å². The van der Waals surface area contributed by atoms with E-state index in [2.05, 4.69) is 26.6 Å². The number of benzene rings is 2. The molecule has 0 radical (unpaired) electrons. The van der Waals surface area contributed by atoms with Gasteiger partial charge in [-0.2, -0.15) is 0 Å². The highest BCUT2D eigenvalue weighted by Gasteiger charge is 2.25. The second-order valence-electron chi connectivity index (χ2n) is 9.01. The van der Waals surface area contributed by atoms with E-state index in [1.807, 2.05) is 24.0 Å². The zero-order chi connectivity index (χ0) is 26.9. The van der Waals surface area contributed by atoms with Crippen molar-refractivity contribution in [3.8, 4) is 22.8 Å². The molecule has 0 aliphatic carbocycles. The molecule has 0 N–H and O–H groups in total. The van der Waals surface area contributed by atoms with Gasteiger partial charge in [0.15, 0.2) is 11.6 Å². The number of nitrogens with zero attached hydrogens (tertiary/aromatic N) is 6. The van der Waals surface area contributed by atoms with Crippen molar-refractivity contribution in [2.24, 2.45) is 4.99 Å². The fourth-order valence-electron chi connectivity index (χ4n) is 4.30. The van der Waals surface area contributed by atoms with E-state index in [9.17, 15) is 13.6 Å². The number of allylic oxidation sites excluding steroid dienone is 2. The average Bonchev–Trinajstić information content (AvgIpc) is 3.35. The molecular formula is C29H32F2N6O. The minimum atomic E-state index is -0.366. The van der Waals surface area contributed by atoms with Crippen LogP contribution in [0.4, 0.5) is 8.78 Å². The van der Waals surface area contributed by atoms with E-state index in [0.29, 0.717) is 49.0 Å². The van der Waals surface area contributed by atoms with Crippen LogP contribution in [0.15, 0.2) is 78.5 Å². The standard InChI is InChI=1S/C29H32F2N6O/c1-3-5-6-7-26(32-16-4-2)35-17-19-36(20-18-35)27(38)21-37-29(23-10-14-25(31)15-11-23)33-28(34-37)22-8-12-24(30)13-9-22/h3-4,8-16H,1,5-7,17-21H2,2H3/b16-4+,32-26?. The van der Waals surface area contributed by atoms with E-state index in [0.717, 1.165) is 25.1 Å². The molecule has 1 aliphatic rings. The number of aromatic nitrogens is 3. The Morgan fingerprint density at radius 2 is 1.58 bits per heavy atom. The number of halogens is 2. The maximum absolute atomic E-state index is 13.5. The Hall–Kier alpha value is -4.14. The number of carbonyl (C=O) groups is 1. The van der Waals surface area contributed by atoms with Crippen molar-refractivity contribution < 1.29 is 13.6 Å². The second-order valence-corrected chi connectivity index (χ2v) is 9.01. The zero-order valence-corrected chi connectivity index (χ0v) is 21.6. The molecule has 9 heteroatoms. The molecule has 1 aromatic heterocycles. The second kappa shape index (κ2) is 12.9. The number of aliphatic imine (C=N–C) groups is 1. The molecule has 7 nitrogen and oxygen atoms in total. The summed E-state index contributed by atoms with van der Waals surface area (Å²) in [5.41, 5.74) is 1.26. The van der Waals surface area contributed by atoms with Gasteiger partial charge in [-0.3, -0.25) is 4.79 Å². The molecule has 1 amide bonds. The first kappa shape index (κ1) is 26.9. The van der Waals surface area contributed by atoms with E-state index < -0.39 is 0 Å².